The molecule has 0 saturated carbocycles. The maximum absolute atomic E-state index is 11.8. The second-order valence-corrected chi connectivity index (χ2v) is 6.14. The van der Waals surface area contributed by atoms with Crippen LogP contribution < -0.4 is 5.32 Å². The van der Waals surface area contributed by atoms with Gasteiger partial charge in [0.05, 0.1) is 5.56 Å². The summed E-state index contributed by atoms with van der Waals surface area (Å²) in [4.78, 5) is 13.1. The molecule has 1 aromatic rings. The first kappa shape index (κ1) is 14.0. The molecule has 2 unspecified atom stereocenters. The van der Waals surface area contributed by atoms with Crippen molar-refractivity contribution in [2.45, 2.75) is 39.2 Å². The van der Waals surface area contributed by atoms with Crippen LogP contribution in [0.4, 0.5) is 5.00 Å². The number of carbonyl (C=O) groups is 1. The maximum Gasteiger partial charge on any atom is 0.253 e. The first-order chi connectivity index (χ1) is 9.06. The molecule has 5 heteroatoms. The average Bonchev–Trinajstić information content (AvgIpc) is 2.73. The number of fused-ring (bicyclic) bond motifs is 1. The molecule has 1 aliphatic carbocycles. The quantitative estimate of drug-likeness (QED) is 0.924. The van der Waals surface area contributed by atoms with E-state index in [2.05, 4.69) is 18.3 Å². The van der Waals surface area contributed by atoms with Gasteiger partial charge in [0.15, 0.2) is 0 Å². The number of nitrogens with zero attached hydrogens (tertiary/aromatic N) is 1. The van der Waals surface area contributed by atoms with Crippen LogP contribution in [0.15, 0.2) is 0 Å². The Morgan fingerprint density at radius 3 is 3.00 bits per heavy atom. The summed E-state index contributed by atoms with van der Waals surface area (Å²) in [5.41, 5.74) is 1.77. The van der Waals surface area contributed by atoms with Gasteiger partial charge in [-0.05, 0) is 37.7 Å². The Kier molecular flexibility index (Phi) is 4.23. The number of hydrogen-bond donors (Lipinski definition) is 1. The third-order valence-electron chi connectivity index (χ3n) is 3.58. The van der Waals surface area contributed by atoms with Crippen molar-refractivity contribution in [1.82, 2.24) is 0 Å². The second-order valence-electron chi connectivity index (χ2n) is 5.03. The number of thiophene rings is 1. The minimum Gasteiger partial charge on any atom is -0.372 e. The topological polar surface area (TPSA) is 62.1 Å². The van der Waals surface area contributed by atoms with Gasteiger partial charge in [-0.2, -0.15) is 5.26 Å². The fourth-order valence-electron chi connectivity index (χ4n) is 2.28. The van der Waals surface area contributed by atoms with E-state index in [1.807, 2.05) is 0 Å². The molecule has 1 aliphatic rings. The number of methoxy groups -OCH3 is 1. The SMILES string of the molecule is COC(C)C(=O)Nc1sc2c(c1C#N)CCC(C)C2. The number of nitriles is 1. The Labute approximate surface area is 117 Å². The summed E-state index contributed by atoms with van der Waals surface area (Å²) in [6.45, 7) is 3.91. The lowest BCUT2D eigenvalue weighted by Crippen LogP contribution is -2.26. The van der Waals surface area contributed by atoms with Crippen LogP contribution in [0, 0.1) is 17.2 Å². The second kappa shape index (κ2) is 5.72. The van der Waals surface area contributed by atoms with Crippen LogP contribution in [0.1, 0.15) is 36.3 Å². The molecule has 1 amide bonds. The number of nitrogens with one attached hydrogen (secondary N) is 1. The molecule has 0 spiro atoms. The summed E-state index contributed by atoms with van der Waals surface area (Å²) in [5.74, 6) is 0.449. The largest absolute Gasteiger partial charge is 0.372 e. The van der Waals surface area contributed by atoms with Crippen LogP contribution in [-0.4, -0.2) is 19.1 Å². The van der Waals surface area contributed by atoms with Gasteiger partial charge >= 0.3 is 0 Å². The van der Waals surface area contributed by atoms with E-state index in [0.29, 0.717) is 16.5 Å². The Bertz CT molecular complexity index is 530. The zero-order valence-electron chi connectivity index (χ0n) is 11.4. The molecule has 19 heavy (non-hydrogen) atoms. The molecular formula is C14H18N2O2S. The van der Waals surface area contributed by atoms with E-state index < -0.39 is 6.10 Å². The highest BCUT2D eigenvalue weighted by atomic mass is 32.1. The zero-order chi connectivity index (χ0) is 14.0. The van der Waals surface area contributed by atoms with Gasteiger partial charge in [0.1, 0.15) is 17.2 Å². The Hall–Kier alpha value is -1.38. The van der Waals surface area contributed by atoms with E-state index in [1.54, 1.807) is 6.92 Å². The van der Waals surface area contributed by atoms with Crippen LogP contribution in [0.5, 0.6) is 0 Å². The molecule has 0 bridgehead atoms. The Morgan fingerprint density at radius 2 is 2.37 bits per heavy atom. The predicted octanol–water partition coefficient (Wildman–Crippen LogP) is 2.72. The number of ether oxygens (including phenoxy) is 1. The van der Waals surface area contributed by atoms with Gasteiger partial charge in [0, 0.05) is 12.0 Å². The molecule has 2 rings (SSSR count). The van der Waals surface area contributed by atoms with E-state index in [1.165, 1.54) is 23.3 Å². The summed E-state index contributed by atoms with van der Waals surface area (Å²) >= 11 is 1.54. The van der Waals surface area contributed by atoms with E-state index >= 15 is 0 Å². The number of rotatable bonds is 3. The van der Waals surface area contributed by atoms with Gasteiger partial charge in [-0.1, -0.05) is 6.92 Å². The van der Waals surface area contributed by atoms with Gasteiger partial charge in [-0.3, -0.25) is 4.79 Å². The monoisotopic (exact) mass is 278 g/mol. The van der Waals surface area contributed by atoms with Crippen molar-refractivity contribution < 1.29 is 9.53 Å². The summed E-state index contributed by atoms with van der Waals surface area (Å²) in [6, 6.07) is 2.24. The number of amides is 1. The fraction of sp³-hybridized carbons (Fsp3) is 0.571. The predicted molar refractivity (Wildman–Crippen MR) is 75.3 cm³/mol. The number of hydrogen-bond acceptors (Lipinski definition) is 4. The van der Waals surface area contributed by atoms with Gasteiger partial charge in [0.2, 0.25) is 0 Å². The lowest BCUT2D eigenvalue weighted by molar-refractivity contribution is -0.124. The molecule has 1 heterocycles. The molecule has 0 fully saturated rings. The molecule has 1 N–H and O–H groups in total. The van der Waals surface area contributed by atoms with Crippen molar-refractivity contribution in [2.75, 3.05) is 12.4 Å². The first-order valence-corrected chi connectivity index (χ1v) is 7.26. The molecule has 0 aliphatic heterocycles. The highest BCUT2D eigenvalue weighted by molar-refractivity contribution is 7.16. The molecule has 0 saturated heterocycles. The molecule has 4 nitrogen and oxygen atoms in total. The van der Waals surface area contributed by atoms with Crippen molar-refractivity contribution in [3.8, 4) is 6.07 Å². The molecule has 102 valence electrons. The van der Waals surface area contributed by atoms with Crippen LogP contribution in [-0.2, 0) is 22.4 Å². The standard InChI is InChI=1S/C14H18N2O2S/c1-8-4-5-10-11(7-15)14(19-12(10)6-8)16-13(17)9(2)18-3/h8-9H,4-6H2,1-3H3,(H,16,17). The van der Waals surface area contributed by atoms with Gasteiger partial charge in [-0.25, -0.2) is 0 Å². The van der Waals surface area contributed by atoms with E-state index in [9.17, 15) is 10.1 Å². The van der Waals surface area contributed by atoms with E-state index in [0.717, 1.165) is 24.8 Å². The highest BCUT2D eigenvalue weighted by Gasteiger charge is 2.25. The number of anilines is 1. The van der Waals surface area contributed by atoms with Crippen LogP contribution in [0.3, 0.4) is 0 Å². The normalized spacial score (nSPS) is 19.4. The molecule has 1 aromatic heterocycles. The van der Waals surface area contributed by atoms with Crippen molar-refractivity contribution in [3.63, 3.8) is 0 Å². The molecule has 0 radical (unpaired) electrons. The minimum atomic E-state index is -0.510. The van der Waals surface area contributed by atoms with Crippen LogP contribution in [0.2, 0.25) is 0 Å². The fourth-order valence-corrected chi connectivity index (χ4v) is 3.64. The molecular weight excluding hydrogens is 260 g/mol. The summed E-state index contributed by atoms with van der Waals surface area (Å²) in [6.07, 6.45) is 2.54. The third kappa shape index (κ3) is 2.80. The van der Waals surface area contributed by atoms with Crippen molar-refractivity contribution in [3.05, 3.63) is 16.0 Å². The van der Waals surface area contributed by atoms with Crippen molar-refractivity contribution >= 4 is 22.2 Å². The Morgan fingerprint density at radius 1 is 1.63 bits per heavy atom. The lowest BCUT2D eigenvalue weighted by Gasteiger charge is -2.17. The maximum atomic E-state index is 11.8. The van der Waals surface area contributed by atoms with Crippen molar-refractivity contribution in [2.24, 2.45) is 5.92 Å². The minimum absolute atomic E-state index is 0.203. The van der Waals surface area contributed by atoms with E-state index in [-0.39, 0.29) is 5.91 Å². The van der Waals surface area contributed by atoms with Crippen molar-refractivity contribution in [1.29, 1.82) is 5.26 Å². The van der Waals surface area contributed by atoms with Gasteiger partial charge in [-0.15, -0.1) is 11.3 Å². The summed E-state index contributed by atoms with van der Waals surface area (Å²) in [7, 11) is 1.50. The summed E-state index contributed by atoms with van der Waals surface area (Å²) in [5, 5.41) is 12.8. The smallest absolute Gasteiger partial charge is 0.253 e. The first-order valence-electron chi connectivity index (χ1n) is 6.45. The van der Waals surface area contributed by atoms with Gasteiger partial charge in [0.25, 0.3) is 5.91 Å². The van der Waals surface area contributed by atoms with E-state index in [4.69, 9.17) is 4.74 Å². The molecule has 2 atom stereocenters. The lowest BCUT2D eigenvalue weighted by atomic mass is 9.88. The highest BCUT2D eigenvalue weighted by Crippen LogP contribution is 2.39. The van der Waals surface area contributed by atoms with Crippen LogP contribution in [0.25, 0.3) is 0 Å². The number of carbonyl (C=O) groups excluding carboxylic acids is 1. The summed E-state index contributed by atoms with van der Waals surface area (Å²) < 4.78 is 4.99. The zero-order valence-corrected chi connectivity index (χ0v) is 12.3. The van der Waals surface area contributed by atoms with Crippen LogP contribution >= 0.6 is 11.3 Å². The Balaban J connectivity index is 2.27. The third-order valence-corrected chi connectivity index (χ3v) is 4.75. The average molecular weight is 278 g/mol. The van der Waals surface area contributed by atoms with Gasteiger partial charge < -0.3 is 10.1 Å². The molecule has 0 aromatic carbocycles.